The third-order valence-corrected chi connectivity index (χ3v) is 15.9. The Morgan fingerprint density at radius 1 is 0.800 bits per heavy atom. The molecule has 4 aliphatic rings. The lowest BCUT2D eigenvalue weighted by Crippen LogP contribution is -2.61. The highest BCUT2D eigenvalue weighted by Gasteiger charge is 2.53. The van der Waals surface area contributed by atoms with Crippen molar-refractivity contribution in [2.24, 2.45) is 53.3 Å². The molecule has 11 heteroatoms. The van der Waals surface area contributed by atoms with Gasteiger partial charge in [-0.25, -0.2) is 4.79 Å². The second-order valence-electron chi connectivity index (χ2n) is 21.0. The summed E-state index contributed by atoms with van der Waals surface area (Å²) in [6.45, 7) is 20.9. The van der Waals surface area contributed by atoms with Crippen molar-refractivity contribution >= 4 is 23.4 Å². The number of allylic oxidation sites excluding steroid dienone is 6. The number of esters is 1. The number of ketones is 2. The molecule has 0 spiro atoms. The molecule has 0 aromatic carbocycles. The first-order valence-corrected chi connectivity index (χ1v) is 25.0. The van der Waals surface area contributed by atoms with Gasteiger partial charge < -0.3 is 33.7 Å². The molecule has 4 rings (SSSR count). The van der Waals surface area contributed by atoms with Gasteiger partial charge in [-0.3, -0.25) is 14.4 Å². The molecule has 0 radical (unpaired) electrons. The maximum atomic E-state index is 14.5. The number of carbonyl (C=O) groups is 4. The summed E-state index contributed by atoms with van der Waals surface area (Å²) in [5.41, 5.74) is 2.01. The van der Waals surface area contributed by atoms with Crippen molar-refractivity contribution in [3.05, 3.63) is 47.6 Å². The van der Waals surface area contributed by atoms with Crippen LogP contribution in [0.1, 0.15) is 146 Å². The zero-order valence-corrected chi connectivity index (χ0v) is 42.4. The highest BCUT2D eigenvalue weighted by molar-refractivity contribution is 6.39. The van der Waals surface area contributed by atoms with E-state index >= 15 is 0 Å². The fourth-order valence-electron chi connectivity index (χ4n) is 10.9. The predicted molar refractivity (Wildman–Crippen MR) is 256 cm³/mol. The molecule has 65 heavy (non-hydrogen) atoms. The maximum absolute atomic E-state index is 14.5. The molecule has 1 amide bonds. The molecule has 11 nitrogen and oxygen atoms in total. The quantitative estimate of drug-likeness (QED) is 0.156. The smallest absolute Gasteiger partial charge is 0.329 e. The molecule has 1 aliphatic carbocycles. The van der Waals surface area contributed by atoms with E-state index in [1.54, 1.807) is 28.3 Å². The zero-order chi connectivity index (χ0) is 48.2. The SMILES string of the molecule is CO[C@H]1CC2CC[C@@H](C)[C@@](O)(O2)C(=O)C(=O)N2CCCC[C@H]2C(=O)O[C@H]([C@H](C)C[C@@H]2CC[C@@H](C)[C@H](OC)C2)C[C@H](C)[C@H](C)/C=C(\C)[C@@H](C)[C@@H](OC)C(=O)[C@H](C)C[C@H](C)/C=C/C=CC=C1C. The van der Waals surface area contributed by atoms with E-state index in [1.165, 1.54) is 4.90 Å². The number of hydrogen-bond donors (Lipinski definition) is 1. The number of rotatable bonds is 6. The summed E-state index contributed by atoms with van der Waals surface area (Å²) < 4.78 is 30.5. The molecule has 3 heterocycles. The van der Waals surface area contributed by atoms with Crippen molar-refractivity contribution in [2.75, 3.05) is 27.9 Å². The van der Waals surface area contributed by atoms with Gasteiger partial charge in [0.25, 0.3) is 11.7 Å². The molecule has 16 atom stereocenters. The van der Waals surface area contributed by atoms with Gasteiger partial charge in [0.1, 0.15) is 18.2 Å². The Kier molecular flexibility index (Phi) is 21.4. The standard InChI is InChI=1S/C54H87NO10/c1-33-19-15-14-16-20-34(2)47(62-12)32-44-25-23-41(9)54(60,65-44)51(57)52(58)55-26-18-17-21-45(55)53(59)64-48(39(7)29-43-24-22-35(3)46(31-43)61-11)30-37(5)36(4)28-38(6)42(10)50(63-13)49(56)40(8)27-33/h14-16,19-20,28,33,35-37,39-48,50,60H,17-18,21-27,29-32H2,1-13H3/b16-14?,19-15+,34-20?,38-28+/t33-,35-,36-,37+,39-,40-,41-,42-,43+,44?,45+,46-,47+,48+,50-,54-/m1/s1. The first-order valence-electron chi connectivity index (χ1n) is 25.0. The molecule has 0 aromatic heterocycles. The molecule has 1 N–H and O–H groups in total. The third kappa shape index (κ3) is 14.5. The van der Waals surface area contributed by atoms with Crippen LogP contribution in [0.5, 0.6) is 0 Å². The molecule has 1 saturated carbocycles. The van der Waals surface area contributed by atoms with Crippen LogP contribution >= 0.6 is 0 Å². The molecule has 1 unspecified atom stereocenters. The number of cyclic esters (lactones) is 1. The van der Waals surface area contributed by atoms with Crippen LogP contribution in [-0.2, 0) is 42.9 Å². The lowest BCUT2D eigenvalue weighted by atomic mass is 9.75. The van der Waals surface area contributed by atoms with E-state index in [4.69, 9.17) is 23.7 Å². The van der Waals surface area contributed by atoms with Gasteiger partial charge >= 0.3 is 5.97 Å². The van der Waals surface area contributed by atoms with Gasteiger partial charge in [-0.1, -0.05) is 97.4 Å². The van der Waals surface area contributed by atoms with E-state index in [-0.39, 0.29) is 60.0 Å². The molecule has 2 saturated heterocycles. The fraction of sp³-hybridized carbons (Fsp3) is 0.778. The van der Waals surface area contributed by atoms with Gasteiger partial charge in [-0.2, -0.15) is 0 Å². The van der Waals surface area contributed by atoms with Crippen LogP contribution in [0.3, 0.4) is 0 Å². The highest BCUT2D eigenvalue weighted by atomic mass is 16.6. The molecular weight excluding hydrogens is 823 g/mol. The number of fused-ring (bicyclic) bond motifs is 3. The number of Topliss-reactive ketones (excluding diaryl/α,β-unsaturated/α-hetero) is 2. The van der Waals surface area contributed by atoms with E-state index in [0.29, 0.717) is 63.2 Å². The summed E-state index contributed by atoms with van der Waals surface area (Å²) in [5.74, 6) is -4.44. The molecule has 0 aromatic rings. The molecule has 3 aliphatic heterocycles. The first kappa shape index (κ1) is 54.6. The van der Waals surface area contributed by atoms with E-state index < -0.39 is 53.7 Å². The van der Waals surface area contributed by atoms with Crippen LogP contribution in [0.25, 0.3) is 0 Å². The summed E-state index contributed by atoms with van der Waals surface area (Å²) >= 11 is 0. The molecular formula is C54H87NO10. The average Bonchev–Trinajstić information content (AvgIpc) is 3.28. The topological polar surface area (TPSA) is 138 Å². The second-order valence-corrected chi connectivity index (χ2v) is 21.0. The summed E-state index contributed by atoms with van der Waals surface area (Å²) in [6, 6.07) is -0.962. The zero-order valence-electron chi connectivity index (χ0n) is 42.4. The van der Waals surface area contributed by atoms with Crippen LogP contribution < -0.4 is 0 Å². The van der Waals surface area contributed by atoms with Crippen molar-refractivity contribution in [3.8, 4) is 0 Å². The molecule has 368 valence electrons. The maximum Gasteiger partial charge on any atom is 0.329 e. The number of ether oxygens (including phenoxy) is 5. The van der Waals surface area contributed by atoms with Crippen LogP contribution in [-0.4, -0.2) is 104 Å². The summed E-state index contributed by atoms with van der Waals surface area (Å²) in [4.78, 5) is 58.4. The number of nitrogens with zero attached hydrogens (tertiary/aromatic N) is 1. The van der Waals surface area contributed by atoms with Gasteiger partial charge in [0.05, 0.1) is 18.3 Å². The number of methoxy groups -OCH3 is 3. The fourth-order valence-corrected chi connectivity index (χ4v) is 10.9. The Morgan fingerprint density at radius 2 is 1.52 bits per heavy atom. The Morgan fingerprint density at radius 3 is 2.20 bits per heavy atom. The van der Waals surface area contributed by atoms with Gasteiger partial charge in [-0.15, -0.1) is 0 Å². The van der Waals surface area contributed by atoms with Crippen LogP contribution in [0.4, 0.5) is 0 Å². The minimum atomic E-state index is -2.35. The number of amides is 1. The van der Waals surface area contributed by atoms with Gasteiger partial charge in [-0.05, 0) is 126 Å². The first-order chi connectivity index (χ1) is 30.7. The second kappa shape index (κ2) is 25.4. The number of hydrogen-bond acceptors (Lipinski definition) is 10. The molecule has 2 bridgehead atoms. The third-order valence-electron chi connectivity index (χ3n) is 15.9. The minimum Gasteiger partial charge on any atom is -0.461 e. The monoisotopic (exact) mass is 910 g/mol. The minimum absolute atomic E-state index is 0.0149. The van der Waals surface area contributed by atoms with Gasteiger partial charge in [0.2, 0.25) is 5.79 Å². The van der Waals surface area contributed by atoms with Crippen LogP contribution in [0.15, 0.2) is 47.6 Å². The average molecular weight is 910 g/mol. The van der Waals surface area contributed by atoms with E-state index in [9.17, 15) is 24.3 Å². The van der Waals surface area contributed by atoms with E-state index in [2.05, 4.69) is 60.6 Å². The molecule has 3 fully saturated rings. The van der Waals surface area contributed by atoms with Crippen molar-refractivity contribution in [3.63, 3.8) is 0 Å². The van der Waals surface area contributed by atoms with Gasteiger partial charge in [0.15, 0.2) is 5.78 Å². The van der Waals surface area contributed by atoms with Crippen LogP contribution in [0.2, 0.25) is 0 Å². The number of carbonyl (C=O) groups excluding carboxylic acids is 4. The Hall–Kier alpha value is -2.96. The Bertz CT molecular complexity index is 1700. The number of piperidine rings is 1. The highest BCUT2D eigenvalue weighted by Crippen LogP contribution is 2.39. The lowest BCUT2D eigenvalue weighted by Gasteiger charge is -2.43. The van der Waals surface area contributed by atoms with Crippen LogP contribution in [0, 0.1) is 53.3 Å². The van der Waals surface area contributed by atoms with Crippen molar-refractivity contribution in [1.82, 2.24) is 4.90 Å². The Balaban J connectivity index is 1.70. The summed E-state index contributed by atoms with van der Waals surface area (Å²) in [5, 5.41) is 12.0. The number of aliphatic hydroxyl groups is 1. The van der Waals surface area contributed by atoms with Crippen molar-refractivity contribution in [1.29, 1.82) is 0 Å². The largest absolute Gasteiger partial charge is 0.461 e. The van der Waals surface area contributed by atoms with Crippen molar-refractivity contribution < 1.29 is 48.0 Å². The van der Waals surface area contributed by atoms with E-state index in [1.807, 2.05) is 38.2 Å². The summed E-state index contributed by atoms with van der Waals surface area (Å²) in [6.07, 6.45) is 18.8. The van der Waals surface area contributed by atoms with E-state index in [0.717, 1.165) is 36.8 Å². The van der Waals surface area contributed by atoms with Crippen molar-refractivity contribution in [2.45, 2.75) is 189 Å². The lowest BCUT2D eigenvalue weighted by molar-refractivity contribution is -0.265. The predicted octanol–water partition coefficient (Wildman–Crippen LogP) is 9.80. The summed E-state index contributed by atoms with van der Waals surface area (Å²) in [7, 11) is 5.03. The Labute approximate surface area is 392 Å². The van der Waals surface area contributed by atoms with Gasteiger partial charge in [0, 0.05) is 52.0 Å². The normalized spacial score (nSPS) is 40.2.